The maximum Gasteiger partial charge on any atom is 0.326 e. The second-order valence-electron chi connectivity index (χ2n) is 28.3. The van der Waals surface area contributed by atoms with Gasteiger partial charge in [-0.1, -0.05) is 74.7 Å². The van der Waals surface area contributed by atoms with Crippen molar-refractivity contribution in [1.82, 2.24) is 99.7 Å². The van der Waals surface area contributed by atoms with E-state index in [2.05, 4.69) is 99.7 Å². The fraction of sp³-hybridized carbons (Fsp3) is 0.657. The standard InChI is InChI=1S/C70H117N23O21/c1-13-33(6)53(90-63(106)46(24-48(74)97)87-67(110)55(35(8)15-3)92-69(112)57(39(12)95)93-59(102)37(10)82-60(103)42(72)19-20-47(73)96)64(107)79-29-51(100)88-56(38(11)94)68(111)91-54(34(7)14-2)65(108)78-28-50(99)85-45(23-41-26-76-31-81-41)62(105)89-52(32(4)5)66(109)83-36(9)58(101)86-44(22-40-25-75-30-80-40)61(104)77-27-49(98)84-43(70(113)114)18-16-17-21-71/h25-26,30-39,42-46,52-57,94-95H,13-24,27-29,71-72H2,1-12H3,(H2,73,96)(H2,74,97)(H,75,80)(H,76,81)(H,77,104)(H,78,108)(H,79,107)(H,82,103)(H,83,109)(H,84,98)(H,85,99)(H,86,101)(H,87,110)(H,88,100)(H,89,105)(H,90,106)(H,91,111)(H,92,112)(H,93,102)(H,113,114)/t33-,34-,35-,36-,37-,38+,39+,42-,43-,44-,45-,46-,52-,53-,54-,55-,56-,57-/m0/s1. The molecule has 0 radical (unpaired) electrons. The largest absolute Gasteiger partial charge is 0.480 e. The van der Waals surface area contributed by atoms with Gasteiger partial charge in [-0.15, -0.1) is 0 Å². The molecule has 2 heterocycles. The molecule has 2 aromatic heterocycles. The summed E-state index contributed by atoms with van der Waals surface area (Å²) >= 11 is 0. The highest BCUT2D eigenvalue weighted by molar-refractivity contribution is 6.01. The monoisotopic (exact) mass is 1620 g/mol. The van der Waals surface area contributed by atoms with E-state index in [1.54, 1.807) is 48.5 Å². The van der Waals surface area contributed by atoms with Gasteiger partial charge in [-0.25, -0.2) is 14.8 Å². The summed E-state index contributed by atoms with van der Waals surface area (Å²) in [5.74, 6) is -20.3. The van der Waals surface area contributed by atoms with Crippen molar-refractivity contribution in [3.63, 3.8) is 0 Å². The molecule has 28 N–H and O–H groups in total. The van der Waals surface area contributed by atoms with Crippen LogP contribution in [0.3, 0.4) is 0 Å². The van der Waals surface area contributed by atoms with Crippen LogP contribution in [0, 0.1) is 23.7 Å². The van der Waals surface area contributed by atoms with E-state index in [0.29, 0.717) is 30.8 Å². The minimum Gasteiger partial charge on any atom is -0.480 e. The third-order valence-corrected chi connectivity index (χ3v) is 18.4. The number of primary amides is 2. The zero-order valence-corrected chi connectivity index (χ0v) is 66.3. The van der Waals surface area contributed by atoms with Crippen molar-refractivity contribution in [2.24, 2.45) is 46.6 Å². The predicted octanol–water partition coefficient (Wildman–Crippen LogP) is -8.64. The number of aliphatic hydroxyl groups is 2. The van der Waals surface area contributed by atoms with E-state index < -0.39 is 247 Å². The van der Waals surface area contributed by atoms with Crippen LogP contribution in [-0.4, -0.2) is 259 Å². The number of nitrogens with two attached hydrogens (primary N) is 4. The number of aliphatic carboxylic acids is 1. The van der Waals surface area contributed by atoms with Gasteiger partial charge in [0, 0.05) is 43.0 Å². The summed E-state index contributed by atoms with van der Waals surface area (Å²) < 4.78 is 0. The van der Waals surface area contributed by atoms with Crippen LogP contribution in [0.2, 0.25) is 0 Å². The number of aromatic amines is 2. The van der Waals surface area contributed by atoms with Crippen LogP contribution in [-0.2, 0) is 99.1 Å². The minimum absolute atomic E-state index is 0.0858. The number of H-pyrrole nitrogens is 2. The summed E-state index contributed by atoms with van der Waals surface area (Å²) in [7, 11) is 0. The first-order chi connectivity index (χ1) is 53.5. The highest BCUT2D eigenvalue weighted by atomic mass is 16.4. The molecule has 44 nitrogen and oxygen atoms in total. The Labute approximate surface area is 659 Å². The Morgan fingerprint density at radius 1 is 0.404 bits per heavy atom. The van der Waals surface area contributed by atoms with Gasteiger partial charge in [0.15, 0.2) is 0 Å². The van der Waals surface area contributed by atoms with Crippen LogP contribution < -0.4 is 103 Å². The summed E-state index contributed by atoms with van der Waals surface area (Å²) in [5.41, 5.74) is 22.6. The molecule has 638 valence electrons. The number of amides is 17. The van der Waals surface area contributed by atoms with E-state index >= 15 is 0 Å². The molecule has 0 bridgehead atoms. The van der Waals surface area contributed by atoms with Crippen molar-refractivity contribution in [3.8, 4) is 0 Å². The lowest BCUT2D eigenvalue weighted by atomic mass is 9.96. The lowest BCUT2D eigenvalue weighted by Gasteiger charge is -2.30. The first kappa shape index (κ1) is 98.8. The number of aromatic nitrogens is 4. The Kier molecular flexibility index (Phi) is 43.3. The summed E-state index contributed by atoms with van der Waals surface area (Å²) in [5, 5.41) is 67.3. The summed E-state index contributed by atoms with van der Waals surface area (Å²) in [4.78, 5) is 254. The molecule has 0 spiro atoms. The second-order valence-corrected chi connectivity index (χ2v) is 28.3. The molecule has 0 aliphatic rings. The number of hydrogen-bond donors (Lipinski definition) is 24. The average Bonchev–Trinajstić information content (AvgIpc) is 0.973. The van der Waals surface area contributed by atoms with E-state index in [9.17, 15) is 102 Å². The minimum atomic E-state index is -1.80. The van der Waals surface area contributed by atoms with Crippen LogP contribution in [0.15, 0.2) is 25.0 Å². The molecule has 0 fully saturated rings. The van der Waals surface area contributed by atoms with Crippen LogP contribution in [0.25, 0.3) is 0 Å². The predicted molar refractivity (Wildman–Crippen MR) is 405 cm³/mol. The molecule has 18 atom stereocenters. The number of nitrogens with one attached hydrogen (secondary N) is 17. The molecular formula is C70H117N23O21. The number of carbonyl (C=O) groups is 18. The van der Waals surface area contributed by atoms with Crippen molar-refractivity contribution in [2.75, 3.05) is 26.2 Å². The normalized spacial score (nSPS) is 15.9. The van der Waals surface area contributed by atoms with E-state index in [4.69, 9.17) is 22.9 Å². The van der Waals surface area contributed by atoms with Gasteiger partial charge in [0.2, 0.25) is 100 Å². The van der Waals surface area contributed by atoms with Crippen LogP contribution in [0.1, 0.15) is 152 Å². The van der Waals surface area contributed by atoms with Crippen LogP contribution in [0.5, 0.6) is 0 Å². The number of hydrogen-bond acceptors (Lipinski definition) is 24. The maximum atomic E-state index is 14.2. The van der Waals surface area contributed by atoms with E-state index in [-0.39, 0.29) is 51.4 Å². The average molecular weight is 1620 g/mol. The molecule has 0 aliphatic heterocycles. The molecule has 2 aromatic rings. The van der Waals surface area contributed by atoms with Gasteiger partial charge in [-0.2, -0.15) is 0 Å². The Morgan fingerprint density at radius 3 is 1.19 bits per heavy atom. The van der Waals surface area contributed by atoms with E-state index in [1.807, 2.05) is 0 Å². The molecule has 0 unspecified atom stereocenters. The number of aliphatic hydroxyl groups excluding tert-OH is 2. The van der Waals surface area contributed by atoms with Gasteiger partial charge in [-0.05, 0) is 83.6 Å². The zero-order valence-electron chi connectivity index (χ0n) is 66.3. The highest BCUT2D eigenvalue weighted by Gasteiger charge is 2.40. The summed E-state index contributed by atoms with van der Waals surface area (Å²) in [6.07, 6.45) is 2.16. The van der Waals surface area contributed by atoms with Gasteiger partial charge < -0.3 is 128 Å². The molecule has 114 heavy (non-hydrogen) atoms. The van der Waals surface area contributed by atoms with Crippen molar-refractivity contribution >= 4 is 106 Å². The number of carboxylic acids is 1. The van der Waals surface area contributed by atoms with E-state index in [1.165, 1.54) is 45.8 Å². The van der Waals surface area contributed by atoms with Gasteiger partial charge >= 0.3 is 5.97 Å². The van der Waals surface area contributed by atoms with Gasteiger partial charge in [0.1, 0.15) is 72.5 Å². The lowest BCUT2D eigenvalue weighted by Crippen LogP contribution is -2.62. The van der Waals surface area contributed by atoms with Crippen molar-refractivity contribution in [2.45, 2.75) is 244 Å². The lowest BCUT2D eigenvalue weighted by molar-refractivity contribution is -0.142. The Bertz CT molecular complexity index is 3580. The van der Waals surface area contributed by atoms with Crippen molar-refractivity contribution < 1.29 is 102 Å². The van der Waals surface area contributed by atoms with E-state index in [0.717, 1.165) is 13.8 Å². The molecule has 44 heteroatoms. The second kappa shape index (κ2) is 50.0. The highest BCUT2D eigenvalue weighted by Crippen LogP contribution is 2.15. The Balaban J connectivity index is 2.22. The van der Waals surface area contributed by atoms with Gasteiger partial charge in [0.25, 0.3) is 0 Å². The summed E-state index contributed by atoms with van der Waals surface area (Å²) in [6, 6.07) is -19.2. The quantitative estimate of drug-likeness (QED) is 0.0274. The fourth-order valence-corrected chi connectivity index (χ4v) is 10.8. The molecule has 0 aliphatic carbocycles. The van der Waals surface area contributed by atoms with Crippen LogP contribution >= 0.6 is 0 Å². The number of unbranched alkanes of at least 4 members (excludes halogenated alkanes) is 1. The van der Waals surface area contributed by atoms with Crippen molar-refractivity contribution in [1.29, 1.82) is 0 Å². The molecular weight excluding hydrogens is 1500 g/mol. The number of rotatable bonds is 53. The number of imidazole rings is 2. The number of carbonyl (C=O) groups excluding carboxylic acids is 17. The SMILES string of the molecule is CC[C@H](C)[C@H](NC(=O)[C@H](CC(N)=O)NC(=O)[C@@H](NC(=O)[C@@H](NC(=O)[C@H](C)NC(=O)[C@@H](N)CCC(N)=O)[C@@H](C)O)[C@@H](C)CC)C(=O)NCC(=O)N[C@H](C(=O)N[C@H](C(=O)NCC(=O)N[C@@H](Cc1cnc[nH]1)C(=O)N[C@H](C(=O)N[C@@H](C)C(=O)N[C@@H](Cc1cnc[nH]1)C(=O)NCC(=O)N[C@@H](CCCCN)C(=O)O)C(C)C)[C@@H](C)CC)[C@@H](C)O. The van der Waals surface area contributed by atoms with Gasteiger partial charge in [-0.3, -0.25) is 81.5 Å². The van der Waals surface area contributed by atoms with Crippen molar-refractivity contribution in [3.05, 3.63) is 36.4 Å². The Hall–Kier alpha value is -11.3. The topological polar surface area (TPSA) is 710 Å². The Morgan fingerprint density at radius 2 is 0.772 bits per heavy atom. The van der Waals surface area contributed by atoms with Gasteiger partial charge in [0.05, 0.1) is 57.0 Å². The smallest absolute Gasteiger partial charge is 0.326 e. The first-order valence-corrected chi connectivity index (χ1v) is 37.5. The third-order valence-electron chi connectivity index (χ3n) is 18.4. The maximum absolute atomic E-state index is 14.2. The molecule has 17 amide bonds. The number of carboxylic acid groups (broad SMARTS) is 1. The zero-order chi connectivity index (χ0) is 86.4. The molecule has 2 rings (SSSR count). The fourth-order valence-electron chi connectivity index (χ4n) is 10.8. The molecule has 0 saturated heterocycles. The molecule has 0 saturated carbocycles. The molecule has 0 aromatic carbocycles. The third kappa shape index (κ3) is 34.8. The summed E-state index contributed by atoms with van der Waals surface area (Å²) in [6.45, 7) is 15.6. The first-order valence-electron chi connectivity index (χ1n) is 37.5. The van der Waals surface area contributed by atoms with Crippen LogP contribution in [0.4, 0.5) is 0 Å². The number of nitrogens with zero attached hydrogens (tertiary/aromatic N) is 2.